The van der Waals surface area contributed by atoms with E-state index in [1.54, 1.807) is 16.9 Å². The largest absolute Gasteiger partial charge is 0.494 e. The van der Waals surface area contributed by atoms with Gasteiger partial charge in [-0.3, -0.25) is 4.72 Å². The third kappa shape index (κ3) is 3.17. The molecular weight excluding hydrogens is 321 g/mol. The molecule has 1 aromatic carbocycles. The highest BCUT2D eigenvalue weighted by molar-refractivity contribution is 7.92. The summed E-state index contributed by atoms with van der Waals surface area (Å²) in [6, 6.07) is 5.16. The molecule has 1 aromatic heterocycles. The molecule has 1 heterocycles. The molecule has 3 rings (SSSR count). The smallest absolute Gasteiger partial charge is 0.263 e. The number of halogens is 1. The Kier molecular flexibility index (Phi) is 4.01. The number of hydrogen-bond acceptors (Lipinski definition) is 4. The summed E-state index contributed by atoms with van der Waals surface area (Å²) in [7, 11) is -2.57. The molecule has 0 bridgehead atoms. The molecule has 0 radical (unpaired) electrons. The highest BCUT2D eigenvalue weighted by atomic mass is 32.2. The topological polar surface area (TPSA) is 73.2 Å². The maximum atomic E-state index is 13.4. The summed E-state index contributed by atoms with van der Waals surface area (Å²) in [5.74, 6) is 0.198. The summed E-state index contributed by atoms with van der Waals surface area (Å²) >= 11 is 0. The minimum Gasteiger partial charge on any atom is -0.494 e. The standard InChI is InChI=1S/C15H18FN3O3S/c1-10(11-3-4-11)19-15(7-8-17-19)18-23(20,21)12-5-6-13(16)14(9-12)22-2/h5-11,18H,3-4H2,1-2H3/t10-/m0/s1. The van der Waals surface area contributed by atoms with Gasteiger partial charge in [0.2, 0.25) is 0 Å². The van der Waals surface area contributed by atoms with Crippen LogP contribution in [-0.2, 0) is 10.0 Å². The fraction of sp³-hybridized carbons (Fsp3) is 0.400. The molecule has 1 N–H and O–H groups in total. The second kappa shape index (κ2) is 5.84. The van der Waals surface area contributed by atoms with Crippen LogP contribution in [0.3, 0.4) is 0 Å². The van der Waals surface area contributed by atoms with Gasteiger partial charge in [0.25, 0.3) is 10.0 Å². The highest BCUT2D eigenvalue weighted by Crippen LogP contribution is 2.40. The average molecular weight is 339 g/mol. The van der Waals surface area contributed by atoms with Crippen molar-refractivity contribution in [1.29, 1.82) is 0 Å². The van der Waals surface area contributed by atoms with Crippen LogP contribution < -0.4 is 9.46 Å². The third-order valence-corrected chi connectivity index (χ3v) is 5.38. The lowest BCUT2D eigenvalue weighted by Gasteiger charge is -2.16. The summed E-state index contributed by atoms with van der Waals surface area (Å²) in [5, 5.41) is 4.21. The minimum absolute atomic E-state index is 0.0671. The van der Waals surface area contributed by atoms with Crippen LogP contribution in [-0.4, -0.2) is 25.3 Å². The van der Waals surface area contributed by atoms with Gasteiger partial charge in [-0.1, -0.05) is 0 Å². The van der Waals surface area contributed by atoms with Crippen LogP contribution >= 0.6 is 0 Å². The predicted molar refractivity (Wildman–Crippen MR) is 83.4 cm³/mol. The SMILES string of the molecule is COc1cc(S(=O)(=O)Nc2ccnn2[C@@H](C)C2CC2)ccc1F. The Bertz CT molecular complexity index is 815. The van der Waals surface area contributed by atoms with Gasteiger partial charge in [0, 0.05) is 12.1 Å². The van der Waals surface area contributed by atoms with Gasteiger partial charge in [0.15, 0.2) is 11.6 Å². The van der Waals surface area contributed by atoms with Crippen molar-refractivity contribution < 1.29 is 17.5 Å². The normalized spacial score (nSPS) is 16.1. The van der Waals surface area contributed by atoms with E-state index in [1.165, 1.54) is 13.2 Å². The van der Waals surface area contributed by atoms with E-state index in [2.05, 4.69) is 9.82 Å². The van der Waals surface area contributed by atoms with Crippen molar-refractivity contribution >= 4 is 15.8 Å². The first kappa shape index (κ1) is 15.8. The lowest BCUT2D eigenvalue weighted by molar-refractivity contribution is 0.385. The molecule has 0 spiro atoms. The van der Waals surface area contributed by atoms with Crippen molar-refractivity contribution in [1.82, 2.24) is 9.78 Å². The summed E-state index contributed by atoms with van der Waals surface area (Å²) in [5.41, 5.74) is 0. The van der Waals surface area contributed by atoms with Gasteiger partial charge in [-0.15, -0.1) is 0 Å². The van der Waals surface area contributed by atoms with Gasteiger partial charge in [0.05, 0.1) is 24.2 Å². The molecule has 124 valence electrons. The third-order valence-electron chi connectivity index (χ3n) is 4.03. The van der Waals surface area contributed by atoms with Crippen LogP contribution in [0.2, 0.25) is 0 Å². The molecule has 0 amide bonds. The van der Waals surface area contributed by atoms with Gasteiger partial charge in [-0.25, -0.2) is 17.5 Å². The number of nitrogens with one attached hydrogen (secondary N) is 1. The number of ether oxygens (including phenoxy) is 1. The van der Waals surface area contributed by atoms with Crippen molar-refractivity contribution in [2.75, 3.05) is 11.8 Å². The molecule has 1 aliphatic rings. The molecule has 0 saturated heterocycles. The van der Waals surface area contributed by atoms with Gasteiger partial charge < -0.3 is 4.74 Å². The molecule has 0 unspecified atom stereocenters. The Balaban J connectivity index is 1.88. The number of rotatable bonds is 6. The van der Waals surface area contributed by atoms with E-state index < -0.39 is 15.8 Å². The number of benzene rings is 1. The molecule has 1 aliphatic carbocycles. The van der Waals surface area contributed by atoms with Crippen molar-refractivity contribution in [2.24, 2.45) is 5.92 Å². The maximum Gasteiger partial charge on any atom is 0.263 e. The lowest BCUT2D eigenvalue weighted by Crippen LogP contribution is -2.19. The summed E-state index contributed by atoms with van der Waals surface area (Å²) in [4.78, 5) is -0.0671. The molecule has 23 heavy (non-hydrogen) atoms. The van der Waals surface area contributed by atoms with Crippen LogP contribution in [0.5, 0.6) is 5.75 Å². The fourth-order valence-electron chi connectivity index (χ4n) is 2.50. The maximum absolute atomic E-state index is 13.4. The zero-order chi connectivity index (χ0) is 16.6. The van der Waals surface area contributed by atoms with E-state index in [0.29, 0.717) is 11.7 Å². The highest BCUT2D eigenvalue weighted by Gasteiger charge is 2.31. The molecule has 8 heteroatoms. The second-order valence-electron chi connectivity index (χ2n) is 5.64. The molecule has 6 nitrogen and oxygen atoms in total. The summed E-state index contributed by atoms with van der Waals surface area (Å²) < 4.78 is 47.5. The van der Waals surface area contributed by atoms with E-state index >= 15 is 0 Å². The van der Waals surface area contributed by atoms with Crippen LogP contribution in [0.15, 0.2) is 35.4 Å². The number of nitrogens with zero attached hydrogens (tertiary/aromatic N) is 2. The first-order valence-electron chi connectivity index (χ1n) is 7.32. The van der Waals surface area contributed by atoms with Gasteiger partial charge >= 0.3 is 0 Å². The number of anilines is 1. The number of sulfonamides is 1. The molecule has 0 aliphatic heterocycles. The number of hydrogen-bond donors (Lipinski definition) is 1. The Morgan fingerprint density at radius 3 is 2.78 bits per heavy atom. The first-order chi connectivity index (χ1) is 10.9. The van der Waals surface area contributed by atoms with E-state index in [0.717, 1.165) is 25.0 Å². The Morgan fingerprint density at radius 2 is 2.13 bits per heavy atom. The van der Waals surface area contributed by atoms with Gasteiger partial charge in [-0.2, -0.15) is 5.10 Å². The predicted octanol–water partition coefficient (Wildman–Crippen LogP) is 2.80. The lowest BCUT2D eigenvalue weighted by atomic mass is 10.2. The average Bonchev–Trinajstić information content (AvgIpc) is 3.27. The fourth-order valence-corrected chi connectivity index (χ4v) is 3.57. The van der Waals surface area contributed by atoms with E-state index in [4.69, 9.17) is 4.74 Å². The summed E-state index contributed by atoms with van der Waals surface area (Å²) in [6.07, 6.45) is 3.81. The van der Waals surface area contributed by atoms with Crippen LogP contribution in [0.4, 0.5) is 10.2 Å². The van der Waals surface area contributed by atoms with E-state index in [-0.39, 0.29) is 16.7 Å². The molecular formula is C15H18FN3O3S. The van der Waals surface area contributed by atoms with Crippen LogP contribution in [0.25, 0.3) is 0 Å². The Labute approximate surface area is 134 Å². The molecule has 1 atom stereocenters. The van der Waals surface area contributed by atoms with Crippen molar-refractivity contribution in [3.8, 4) is 5.75 Å². The Hall–Kier alpha value is -2.09. The zero-order valence-electron chi connectivity index (χ0n) is 12.9. The number of aromatic nitrogens is 2. The molecule has 1 saturated carbocycles. The molecule has 2 aromatic rings. The Morgan fingerprint density at radius 1 is 1.39 bits per heavy atom. The van der Waals surface area contributed by atoms with Gasteiger partial charge in [-0.05, 0) is 37.8 Å². The van der Waals surface area contributed by atoms with Crippen LogP contribution in [0.1, 0.15) is 25.8 Å². The van der Waals surface area contributed by atoms with Crippen molar-refractivity contribution in [2.45, 2.75) is 30.7 Å². The molecule has 1 fully saturated rings. The second-order valence-corrected chi connectivity index (χ2v) is 7.32. The first-order valence-corrected chi connectivity index (χ1v) is 8.80. The van der Waals surface area contributed by atoms with E-state index in [9.17, 15) is 12.8 Å². The quantitative estimate of drug-likeness (QED) is 0.878. The van der Waals surface area contributed by atoms with Crippen molar-refractivity contribution in [3.63, 3.8) is 0 Å². The van der Waals surface area contributed by atoms with Crippen LogP contribution in [0, 0.1) is 11.7 Å². The summed E-state index contributed by atoms with van der Waals surface area (Å²) in [6.45, 7) is 2.02. The van der Waals surface area contributed by atoms with Crippen molar-refractivity contribution in [3.05, 3.63) is 36.3 Å². The van der Waals surface area contributed by atoms with E-state index in [1.807, 2.05) is 6.92 Å². The minimum atomic E-state index is -3.85. The zero-order valence-corrected chi connectivity index (χ0v) is 13.7. The van der Waals surface area contributed by atoms with Gasteiger partial charge in [0.1, 0.15) is 5.82 Å². The number of methoxy groups -OCH3 is 1. The monoisotopic (exact) mass is 339 g/mol.